The molecule has 0 heteroatoms. The fraction of sp³-hybridized carbons (Fsp3) is 0.375. The second-order valence-electron chi connectivity index (χ2n) is 5.90. The van der Waals surface area contributed by atoms with Gasteiger partial charge < -0.3 is 0 Å². The fourth-order valence-corrected chi connectivity index (χ4v) is 2.71. The molecule has 0 bridgehead atoms. The Hall–Kier alpha value is -1.30. The zero-order valence-corrected chi connectivity index (χ0v) is 10.3. The first-order valence-corrected chi connectivity index (χ1v) is 6.11. The Morgan fingerprint density at radius 2 is 1.69 bits per heavy atom. The van der Waals surface area contributed by atoms with Gasteiger partial charge in [-0.15, -0.1) is 0 Å². The first-order valence-electron chi connectivity index (χ1n) is 6.11. The van der Waals surface area contributed by atoms with Gasteiger partial charge in [0.25, 0.3) is 0 Å². The number of hydrogen-bond acceptors (Lipinski definition) is 0. The highest BCUT2D eigenvalue weighted by molar-refractivity contribution is 5.91. The van der Waals surface area contributed by atoms with Crippen molar-refractivity contribution < 1.29 is 0 Å². The molecule has 0 aromatic heterocycles. The topological polar surface area (TPSA) is 0 Å². The Morgan fingerprint density at radius 1 is 0.938 bits per heavy atom. The lowest BCUT2D eigenvalue weighted by atomic mass is 9.84. The van der Waals surface area contributed by atoms with E-state index >= 15 is 0 Å². The standard InChI is InChI=1S/C16H18/c1-16(2,3)14-9-12-6-4-5-11-7-8-13(10-14)15(11)12/h4-6,9-10H,7-8H2,1-3H3. The summed E-state index contributed by atoms with van der Waals surface area (Å²) >= 11 is 0. The molecule has 0 radical (unpaired) electrons. The molecule has 1 aliphatic carbocycles. The van der Waals surface area contributed by atoms with Crippen molar-refractivity contribution in [2.24, 2.45) is 0 Å². The van der Waals surface area contributed by atoms with Crippen molar-refractivity contribution in [2.45, 2.75) is 39.0 Å². The number of hydrogen-bond donors (Lipinski definition) is 0. The van der Waals surface area contributed by atoms with Gasteiger partial charge in [0.2, 0.25) is 0 Å². The molecule has 2 aromatic carbocycles. The molecule has 0 fully saturated rings. The first kappa shape index (κ1) is 9.89. The van der Waals surface area contributed by atoms with Crippen LogP contribution in [0.3, 0.4) is 0 Å². The SMILES string of the molecule is CC(C)(C)c1cc2c3c(cccc3c1)CC2. The molecule has 0 nitrogen and oxygen atoms in total. The Morgan fingerprint density at radius 3 is 2.44 bits per heavy atom. The molecule has 82 valence electrons. The van der Waals surface area contributed by atoms with Crippen LogP contribution >= 0.6 is 0 Å². The van der Waals surface area contributed by atoms with E-state index in [1.54, 1.807) is 5.56 Å². The summed E-state index contributed by atoms with van der Waals surface area (Å²) in [5.41, 5.74) is 4.81. The summed E-state index contributed by atoms with van der Waals surface area (Å²) in [6, 6.07) is 11.5. The summed E-state index contributed by atoms with van der Waals surface area (Å²) in [4.78, 5) is 0. The van der Waals surface area contributed by atoms with Crippen LogP contribution in [0, 0.1) is 0 Å². The van der Waals surface area contributed by atoms with Crippen LogP contribution in [0.15, 0.2) is 30.3 Å². The lowest BCUT2D eigenvalue weighted by molar-refractivity contribution is 0.590. The van der Waals surface area contributed by atoms with E-state index in [1.165, 1.54) is 34.7 Å². The lowest BCUT2D eigenvalue weighted by Crippen LogP contribution is -2.11. The predicted molar refractivity (Wildman–Crippen MR) is 70.1 cm³/mol. The number of aryl methyl sites for hydroxylation is 2. The average molecular weight is 210 g/mol. The van der Waals surface area contributed by atoms with Gasteiger partial charge in [-0.1, -0.05) is 51.1 Å². The van der Waals surface area contributed by atoms with E-state index in [-0.39, 0.29) is 5.41 Å². The Balaban J connectivity index is 2.35. The monoisotopic (exact) mass is 210 g/mol. The molecule has 2 aromatic rings. The van der Waals surface area contributed by atoms with Crippen molar-refractivity contribution in [3.63, 3.8) is 0 Å². The van der Waals surface area contributed by atoms with Crippen molar-refractivity contribution in [1.29, 1.82) is 0 Å². The minimum absolute atomic E-state index is 0.253. The van der Waals surface area contributed by atoms with E-state index in [4.69, 9.17) is 0 Å². The minimum atomic E-state index is 0.253. The molecule has 0 unspecified atom stereocenters. The molecule has 3 rings (SSSR count). The second kappa shape index (κ2) is 3.10. The molecule has 0 spiro atoms. The van der Waals surface area contributed by atoms with Crippen molar-refractivity contribution >= 4 is 10.8 Å². The van der Waals surface area contributed by atoms with Crippen LogP contribution in [0.25, 0.3) is 10.8 Å². The normalized spacial score (nSPS) is 14.7. The molecule has 16 heavy (non-hydrogen) atoms. The van der Waals surface area contributed by atoms with Crippen molar-refractivity contribution in [2.75, 3.05) is 0 Å². The Kier molecular flexibility index (Phi) is 1.92. The maximum absolute atomic E-state index is 2.42. The zero-order chi connectivity index (χ0) is 11.3. The molecule has 0 heterocycles. The highest BCUT2D eigenvalue weighted by Crippen LogP contribution is 2.35. The first-order chi connectivity index (χ1) is 7.55. The van der Waals surface area contributed by atoms with E-state index in [0.717, 1.165) is 0 Å². The van der Waals surface area contributed by atoms with Gasteiger partial charge in [0.1, 0.15) is 0 Å². The van der Waals surface area contributed by atoms with E-state index in [1.807, 2.05) is 0 Å². The zero-order valence-electron chi connectivity index (χ0n) is 10.3. The van der Waals surface area contributed by atoms with E-state index in [2.05, 4.69) is 51.1 Å². The van der Waals surface area contributed by atoms with Gasteiger partial charge in [-0.2, -0.15) is 0 Å². The van der Waals surface area contributed by atoms with Crippen LogP contribution in [0.4, 0.5) is 0 Å². The molecule has 0 amide bonds. The third-order valence-corrected chi connectivity index (χ3v) is 3.67. The lowest BCUT2D eigenvalue weighted by Gasteiger charge is -2.20. The van der Waals surface area contributed by atoms with Gasteiger partial charge in [0, 0.05) is 0 Å². The summed E-state index contributed by atoms with van der Waals surface area (Å²) in [7, 11) is 0. The summed E-state index contributed by atoms with van der Waals surface area (Å²) in [5.74, 6) is 0. The predicted octanol–water partition coefficient (Wildman–Crippen LogP) is 4.24. The highest BCUT2D eigenvalue weighted by atomic mass is 14.2. The van der Waals surface area contributed by atoms with Crippen LogP contribution in [-0.4, -0.2) is 0 Å². The molecular formula is C16H18. The summed E-state index contributed by atoms with van der Waals surface area (Å²) < 4.78 is 0. The number of rotatable bonds is 0. The Bertz CT molecular complexity index is 556. The summed E-state index contributed by atoms with van der Waals surface area (Å²) in [5, 5.41) is 2.95. The number of benzene rings is 2. The van der Waals surface area contributed by atoms with Gasteiger partial charge in [0.15, 0.2) is 0 Å². The third-order valence-electron chi connectivity index (χ3n) is 3.67. The van der Waals surface area contributed by atoms with Crippen molar-refractivity contribution in [3.8, 4) is 0 Å². The quantitative estimate of drug-likeness (QED) is 0.610. The fourth-order valence-electron chi connectivity index (χ4n) is 2.71. The van der Waals surface area contributed by atoms with Gasteiger partial charge in [0.05, 0.1) is 0 Å². The molecule has 0 aliphatic heterocycles. The molecule has 0 atom stereocenters. The van der Waals surface area contributed by atoms with E-state index < -0.39 is 0 Å². The Labute approximate surface area is 97.3 Å². The third kappa shape index (κ3) is 1.36. The summed E-state index contributed by atoms with van der Waals surface area (Å²) in [6.07, 6.45) is 2.44. The van der Waals surface area contributed by atoms with Crippen LogP contribution in [0.1, 0.15) is 37.5 Å². The second-order valence-corrected chi connectivity index (χ2v) is 5.90. The minimum Gasteiger partial charge on any atom is -0.0614 e. The van der Waals surface area contributed by atoms with Gasteiger partial charge in [-0.3, -0.25) is 0 Å². The molecule has 0 saturated carbocycles. The van der Waals surface area contributed by atoms with Crippen LogP contribution in [0.2, 0.25) is 0 Å². The average Bonchev–Trinajstić information content (AvgIpc) is 2.62. The molecule has 1 aliphatic rings. The van der Waals surface area contributed by atoms with Gasteiger partial charge >= 0.3 is 0 Å². The van der Waals surface area contributed by atoms with Crippen LogP contribution < -0.4 is 0 Å². The van der Waals surface area contributed by atoms with Crippen LogP contribution in [-0.2, 0) is 18.3 Å². The maximum atomic E-state index is 2.42. The van der Waals surface area contributed by atoms with E-state index in [9.17, 15) is 0 Å². The summed E-state index contributed by atoms with van der Waals surface area (Å²) in [6.45, 7) is 6.87. The molecule has 0 saturated heterocycles. The largest absolute Gasteiger partial charge is 0.0614 e. The maximum Gasteiger partial charge on any atom is -0.0119 e. The van der Waals surface area contributed by atoms with E-state index in [0.29, 0.717) is 0 Å². The van der Waals surface area contributed by atoms with Crippen molar-refractivity contribution in [3.05, 3.63) is 47.0 Å². The molecular weight excluding hydrogens is 192 g/mol. The highest BCUT2D eigenvalue weighted by Gasteiger charge is 2.19. The van der Waals surface area contributed by atoms with Crippen molar-refractivity contribution in [1.82, 2.24) is 0 Å². The smallest absolute Gasteiger partial charge is 0.0119 e. The van der Waals surface area contributed by atoms with Gasteiger partial charge in [-0.05, 0) is 45.7 Å². The van der Waals surface area contributed by atoms with Crippen LogP contribution in [0.5, 0.6) is 0 Å². The molecule has 0 N–H and O–H groups in total. The van der Waals surface area contributed by atoms with Gasteiger partial charge in [-0.25, -0.2) is 0 Å².